The highest BCUT2D eigenvalue weighted by Crippen LogP contribution is 2.51. The van der Waals surface area contributed by atoms with Gasteiger partial charge in [0.2, 0.25) is 0 Å². The highest BCUT2D eigenvalue weighted by Gasteiger charge is 2.44. The van der Waals surface area contributed by atoms with E-state index in [0.717, 1.165) is 5.75 Å². The van der Waals surface area contributed by atoms with Gasteiger partial charge in [-0.05, 0) is 84.1 Å². The molecule has 1 nitrogen and oxygen atoms in total. The van der Waals surface area contributed by atoms with Crippen LogP contribution in [0.1, 0.15) is 74.9 Å². The van der Waals surface area contributed by atoms with Gasteiger partial charge in [-0.25, -0.2) is 0 Å². The normalized spacial score (nSPS) is 13.3. The number of benzene rings is 5. The summed E-state index contributed by atoms with van der Waals surface area (Å²) in [6.07, 6.45) is 1.85. The standard InChI is InChI=1S/C45H50OSi/c1-11-27-46-42-30(2)13-12-14-41(42)47(9,10)43-39-28-33(31-15-21-35(22-16-31)44(3,4)5)19-25-37(39)38-26-20-34(29-40(38)43)32-17-23-36(24-18-32)45(6,7)8/h11-26,28-29,43H,1,27H2,2-10H3. The zero-order chi connectivity index (χ0) is 33.7. The molecule has 5 aromatic rings. The van der Waals surface area contributed by atoms with Gasteiger partial charge in [-0.15, -0.1) is 0 Å². The van der Waals surface area contributed by atoms with E-state index in [1.165, 1.54) is 66.4 Å². The van der Waals surface area contributed by atoms with Gasteiger partial charge in [-0.2, -0.15) is 0 Å². The number of rotatable bonds is 7. The molecule has 0 saturated carbocycles. The van der Waals surface area contributed by atoms with Gasteiger partial charge in [0.05, 0.1) is 8.07 Å². The Balaban J connectivity index is 1.52. The molecule has 0 unspecified atom stereocenters. The molecule has 0 radical (unpaired) electrons. The number of aryl methyl sites for hydroxylation is 1. The van der Waals surface area contributed by atoms with Crippen molar-refractivity contribution < 1.29 is 4.74 Å². The lowest BCUT2D eigenvalue weighted by atomic mass is 9.86. The molecule has 47 heavy (non-hydrogen) atoms. The van der Waals surface area contributed by atoms with Crippen molar-refractivity contribution in [3.63, 3.8) is 0 Å². The van der Waals surface area contributed by atoms with Gasteiger partial charge < -0.3 is 4.74 Å². The van der Waals surface area contributed by atoms with Crippen LogP contribution in [0.25, 0.3) is 33.4 Å². The molecule has 0 N–H and O–H groups in total. The summed E-state index contributed by atoms with van der Waals surface area (Å²) in [4.78, 5) is 0. The Morgan fingerprint density at radius 3 is 1.51 bits per heavy atom. The van der Waals surface area contributed by atoms with E-state index in [1.54, 1.807) is 0 Å². The van der Waals surface area contributed by atoms with Gasteiger partial charge in [0.15, 0.2) is 0 Å². The average molecular weight is 635 g/mol. The number of para-hydroxylation sites is 1. The Morgan fingerprint density at radius 2 is 1.09 bits per heavy atom. The molecular formula is C45H50OSi. The van der Waals surface area contributed by atoms with Crippen molar-refractivity contribution in [2.75, 3.05) is 6.61 Å². The molecule has 0 saturated heterocycles. The molecule has 2 heteroatoms. The van der Waals surface area contributed by atoms with Crippen LogP contribution in [0, 0.1) is 6.92 Å². The van der Waals surface area contributed by atoms with Gasteiger partial charge in [0, 0.05) is 5.54 Å². The first-order valence-electron chi connectivity index (χ1n) is 17.0. The molecule has 0 amide bonds. The molecule has 6 rings (SSSR count). The Kier molecular flexibility index (Phi) is 8.47. The summed E-state index contributed by atoms with van der Waals surface area (Å²) < 4.78 is 6.42. The van der Waals surface area contributed by atoms with E-state index in [2.05, 4.69) is 171 Å². The largest absolute Gasteiger partial charge is 0.489 e. The van der Waals surface area contributed by atoms with Gasteiger partial charge in [0.1, 0.15) is 12.4 Å². The molecule has 240 valence electrons. The summed E-state index contributed by atoms with van der Waals surface area (Å²) in [6.45, 7) is 25.3. The van der Waals surface area contributed by atoms with E-state index < -0.39 is 8.07 Å². The lowest BCUT2D eigenvalue weighted by molar-refractivity contribution is 0.363. The molecule has 0 fully saturated rings. The third kappa shape index (κ3) is 6.16. The average Bonchev–Trinajstić information content (AvgIpc) is 3.37. The molecule has 0 heterocycles. The second kappa shape index (κ2) is 12.1. The molecule has 5 aromatic carbocycles. The minimum atomic E-state index is -2.25. The first-order valence-corrected chi connectivity index (χ1v) is 20.1. The first-order chi connectivity index (χ1) is 22.2. The van der Waals surface area contributed by atoms with Crippen LogP contribution in [0.2, 0.25) is 13.1 Å². The van der Waals surface area contributed by atoms with Crippen LogP contribution in [0.15, 0.2) is 116 Å². The summed E-state index contributed by atoms with van der Waals surface area (Å²) in [5, 5.41) is 1.36. The topological polar surface area (TPSA) is 9.23 Å². The molecule has 0 atom stereocenters. The number of ether oxygens (including phenoxy) is 1. The summed E-state index contributed by atoms with van der Waals surface area (Å²) in [5.41, 5.74) is 15.1. The summed E-state index contributed by atoms with van der Waals surface area (Å²) in [6, 6.07) is 39.4. The van der Waals surface area contributed by atoms with E-state index in [-0.39, 0.29) is 16.4 Å². The Bertz CT molecular complexity index is 1820. The van der Waals surface area contributed by atoms with Crippen LogP contribution in [-0.2, 0) is 10.8 Å². The summed E-state index contributed by atoms with van der Waals surface area (Å²) >= 11 is 0. The number of hydrogen-bond acceptors (Lipinski definition) is 1. The Labute approximate surface area is 284 Å². The number of fused-ring (bicyclic) bond motifs is 3. The van der Waals surface area contributed by atoms with Crippen molar-refractivity contribution in [1.29, 1.82) is 0 Å². The minimum Gasteiger partial charge on any atom is -0.489 e. The lowest BCUT2D eigenvalue weighted by Crippen LogP contribution is -2.48. The highest BCUT2D eigenvalue weighted by molar-refractivity contribution is 6.92. The Morgan fingerprint density at radius 1 is 0.638 bits per heavy atom. The van der Waals surface area contributed by atoms with Gasteiger partial charge in [0.25, 0.3) is 0 Å². The molecule has 1 aliphatic carbocycles. The van der Waals surface area contributed by atoms with Crippen LogP contribution < -0.4 is 9.92 Å². The second-order valence-electron chi connectivity index (χ2n) is 16.0. The molecule has 0 aromatic heterocycles. The van der Waals surface area contributed by atoms with E-state index >= 15 is 0 Å². The van der Waals surface area contributed by atoms with E-state index in [0.29, 0.717) is 6.61 Å². The van der Waals surface area contributed by atoms with Crippen molar-refractivity contribution in [1.82, 2.24) is 0 Å². The fourth-order valence-corrected chi connectivity index (χ4v) is 11.1. The monoisotopic (exact) mass is 634 g/mol. The van der Waals surface area contributed by atoms with Gasteiger partial charge >= 0.3 is 0 Å². The predicted molar refractivity (Wildman–Crippen MR) is 206 cm³/mol. The maximum atomic E-state index is 6.42. The van der Waals surface area contributed by atoms with E-state index in [9.17, 15) is 0 Å². The van der Waals surface area contributed by atoms with Crippen molar-refractivity contribution in [3.05, 3.63) is 144 Å². The number of hydrogen-bond donors (Lipinski definition) is 0. The van der Waals surface area contributed by atoms with Gasteiger partial charge in [-0.3, -0.25) is 0 Å². The van der Waals surface area contributed by atoms with Crippen molar-refractivity contribution in [2.45, 2.75) is 77.9 Å². The molecular weight excluding hydrogens is 585 g/mol. The first kappa shape index (κ1) is 32.8. The quantitative estimate of drug-likeness (QED) is 0.128. The predicted octanol–water partition coefficient (Wildman–Crippen LogP) is 11.8. The van der Waals surface area contributed by atoms with Crippen LogP contribution in [0.5, 0.6) is 5.75 Å². The molecule has 0 aliphatic heterocycles. The van der Waals surface area contributed by atoms with Crippen LogP contribution in [-0.4, -0.2) is 14.7 Å². The minimum absolute atomic E-state index is 0.128. The maximum absolute atomic E-state index is 6.42. The fraction of sp³-hybridized carbons (Fsp3) is 0.289. The summed E-state index contributed by atoms with van der Waals surface area (Å²) in [7, 11) is -2.25. The van der Waals surface area contributed by atoms with Gasteiger partial charge in [-0.1, -0.05) is 170 Å². The van der Waals surface area contributed by atoms with Crippen LogP contribution in [0.3, 0.4) is 0 Å². The van der Waals surface area contributed by atoms with Crippen molar-refractivity contribution in [2.24, 2.45) is 0 Å². The zero-order valence-electron chi connectivity index (χ0n) is 29.8. The highest BCUT2D eigenvalue weighted by atomic mass is 28.3. The molecule has 0 spiro atoms. The third-order valence-corrected chi connectivity index (χ3v) is 14.0. The third-order valence-electron chi connectivity index (χ3n) is 10.2. The maximum Gasteiger partial charge on any atom is 0.121 e. The van der Waals surface area contributed by atoms with Crippen molar-refractivity contribution >= 4 is 13.3 Å². The second-order valence-corrected chi connectivity index (χ2v) is 20.5. The van der Waals surface area contributed by atoms with Crippen molar-refractivity contribution in [3.8, 4) is 39.1 Å². The smallest absolute Gasteiger partial charge is 0.121 e. The van der Waals surface area contributed by atoms with E-state index in [1.807, 2.05) is 6.08 Å². The fourth-order valence-electron chi connectivity index (χ4n) is 7.37. The summed E-state index contributed by atoms with van der Waals surface area (Å²) in [5.74, 6) is 1.03. The molecule has 1 aliphatic rings. The zero-order valence-corrected chi connectivity index (χ0v) is 30.8. The molecule has 0 bridgehead atoms. The van der Waals surface area contributed by atoms with Crippen LogP contribution in [0.4, 0.5) is 0 Å². The van der Waals surface area contributed by atoms with E-state index in [4.69, 9.17) is 4.74 Å². The Hall–Kier alpha value is -4.14. The lowest BCUT2D eigenvalue weighted by Gasteiger charge is -2.34. The SMILES string of the molecule is C=CCOc1c(C)cccc1[Si](C)(C)C1c2cc(-c3ccc(C(C)(C)C)cc3)ccc2-c2ccc(-c3ccc(C(C)(C)C)cc3)cc21. The van der Waals surface area contributed by atoms with Crippen LogP contribution >= 0.6 is 0 Å².